The predicted octanol–water partition coefficient (Wildman–Crippen LogP) is 4.37. The number of hydrogen-bond donors (Lipinski definition) is 1. The van der Waals surface area contributed by atoms with Gasteiger partial charge in [-0.15, -0.1) is 0 Å². The second kappa shape index (κ2) is 7.32. The maximum absolute atomic E-state index is 3.85. The summed E-state index contributed by atoms with van der Waals surface area (Å²) < 4.78 is 0. The number of nitrogens with one attached hydrogen (secondary N) is 1. The summed E-state index contributed by atoms with van der Waals surface area (Å²) in [6.07, 6.45) is 9.70. The number of hydrogen-bond acceptors (Lipinski definition) is 1. The van der Waals surface area contributed by atoms with Crippen molar-refractivity contribution in [3.8, 4) is 0 Å². The van der Waals surface area contributed by atoms with Crippen molar-refractivity contribution in [1.29, 1.82) is 0 Å². The van der Waals surface area contributed by atoms with Crippen molar-refractivity contribution < 1.29 is 0 Å². The fraction of sp³-hybridized carbons (Fsp3) is 1.00. The molecule has 4 atom stereocenters. The fourth-order valence-corrected chi connectivity index (χ4v) is 3.06. The van der Waals surface area contributed by atoms with E-state index in [1.807, 2.05) is 0 Å². The number of rotatable bonds is 6. The Labute approximate surface area is 102 Å². The molecule has 1 heteroatoms. The summed E-state index contributed by atoms with van der Waals surface area (Å²) in [5.41, 5.74) is 0. The molecule has 0 spiro atoms. The SMILES string of the molecule is CCCCCC(C)NC1CCC(C)CC1C. The molecule has 0 amide bonds. The first-order chi connectivity index (χ1) is 7.63. The molecule has 1 N–H and O–H groups in total. The van der Waals surface area contributed by atoms with Gasteiger partial charge in [-0.25, -0.2) is 0 Å². The smallest absolute Gasteiger partial charge is 0.00953 e. The van der Waals surface area contributed by atoms with E-state index in [9.17, 15) is 0 Å². The van der Waals surface area contributed by atoms with Gasteiger partial charge in [0.05, 0.1) is 0 Å². The zero-order chi connectivity index (χ0) is 12.0. The normalized spacial score (nSPS) is 32.6. The zero-order valence-electron chi connectivity index (χ0n) is 11.8. The van der Waals surface area contributed by atoms with Crippen molar-refractivity contribution in [2.24, 2.45) is 11.8 Å². The highest BCUT2D eigenvalue weighted by Crippen LogP contribution is 2.29. The van der Waals surface area contributed by atoms with E-state index in [0.717, 1.165) is 17.9 Å². The van der Waals surface area contributed by atoms with Gasteiger partial charge < -0.3 is 5.32 Å². The van der Waals surface area contributed by atoms with Gasteiger partial charge in [0.1, 0.15) is 0 Å². The van der Waals surface area contributed by atoms with Crippen LogP contribution in [0.4, 0.5) is 0 Å². The van der Waals surface area contributed by atoms with Crippen molar-refractivity contribution in [3.63, 3.8) is 0 Å². The van der Waals surface area contributed by atoms with Crippen LogP contribution in [-0.4, -0.2) is 12.1 Å². The van der Waals surface area contributed by atoms with Gasteiger partial charge in [0.2, 0.25) is 0 Å². The number of unbranched alkanes of at least 4 members (excludes halogenated alkanes) is 2. The molecule has 0 aliphatic heterocycles. The van der Waals surface area contributed by atoms with Crippen LogP contribution < -0.4 is 5.32 Å². The first-order valence-corrected chi connectivity index (χ1v) is 7.39. The summed E-state index contributed by atoms with van der Waals surface area (Å²) in [6.45, 7) is 9.46. The van der Waals surface area contributed by atoms with Gasteiger partial charge in [-0.05, 0) is 44.4 Å². The summed E-state index contributed by atoms with van der Waals surface area (Å²) in [5.74, 6) is 1.82. The molecule has 16 heavy (non-hydrogen) atoms. The van der Waals surface area contributed by atoms with Gasteiger partial charge in [0.15, 0.2) is 0 Å². The Morgan fingerprint density at radius 3 is 2.56 bits per heavy atom. The Kier molecular flexibility index (Phi) is 6.41. The molecular weight excluding hydrogens is 194 g/mol. The van der Waals surface area contributed by atoms with E-state index in [1.54, 1.807) is 0 Å². The highest BCUT2D eigenvalue weighted by atomic mass is 14.9. The molecule has 0 saturated heterocycles. The van der Waals surface area contributed by atoms with Crippen molar-refractivity contribution in [3.05, 3.63) is 0 Å². The van der Waals surface area contributed by atoms with E-state index in [-0.39, 0.29) is 0 Å². The third-order valence-corrected chi connectivity index (χ3v) is 4.17. The van der Waals surface area contributed by atoms with Crippen LogP contribution >= 0.6 is 0 Å². The lowest BCUT2D eigenvalue weighted by molar-refractivity contribution is 0.213. The van der Waals surface area contributed by atoms with Crippen LogP contribution in [0.5, 0.6) is 0 Å². The highest BCUT2D eigenvalue weighted by Gasteiger charge is 2.25. The molecule has 1 saturated carbocycles. The van der Waals surface area contributed by atoms with Crippen molar-refractivity contribution in [2.45, 2.75) is 84.7 Å². The maximum Gasteiger partial charge on any atom is 0.00953 e. The Bertz CT molecular complexity index is 178. The second-order valence-corrected chi connectivity index (χ2v) is 6.07. The first kappa shape index (κ1) is 14.0. The van der Waals surface area contributed by atoms with Crippen molar-refractivity contribution in [1.82, 2.24) is 5.32 Å². The Hall–Kier alpha value is -0.0400. The maximum atomic E-state index is 3.85. The van der Waals surface area contributed by atoms with Crippen LogP contribution in [0.15, 0.2) is 0 Å². The van der Waals surface area contributed by atoms with E-state index < -0.39 is 0 Å². The minimum Gasteiger partial charge on any atom is -0.311 e. The van der Waals surface area contributed by atoms with Crippen LogP contribution in [-0.2, 0) is 0 Å². The Balaban J connectivity index is 2.19. The molecule has 4 unspecified atom stereocenters. The lowest BCUT2D eigenvalue weighted by atomic mass is 9.79. The molecule has 1 nitrogen and oxygen atoms in total. The summed E-state index contributed by atoms with van der Waals surface area (Å²) in [7, 11) is 0. The lowest BCUT2D eigenvalue weighted by Crippen LogP contribution is -2.43. The molecule has 0 bridgehead atoms. The topological polar surface area (TPSA) is 12.0 Å². The molecule has 1 aliphatic carbocycles. The summed E-state index contributed by atoms with van der Waals surface area (Å²) in [6, 6.07) is 1.50. The van der Waals surface area contributed by atoms with E-state index in [1.165, 1.54) is 44.9 Å². The average molecular weight is 225 g/mol. The summed E-state index contributed by atoms with van der Waals surface area (Å²) in [5, 5.41) is 3.85. The highest BCUT2D eigenvalue weighted by molar-refractivity contribution is 4.82. The van der Waals surface area contributed by atoms with Crippen LogP contribution in [0.2, 0.25) is 0 Å². The van der Waals surface area contributed by atoms with E-state index in [4.69, 9.17) is 0 Å². The largest absolute Gasteiger partial charge is 0.311 e. The van der Waals surface area contributed by atoms with E-state index in [0.29, 0.717) is 6.04 Å². The standard InChI is InChI=1S/C15H31N/c1-5-6-7-8-14(4)16-15-10-9-12(2)11-13(15)3/h12-16H,5-11H2,1-4H3. The van der Waals surface area contributed by atoms with Gasteiger partial charge >= 0.3 is 0 Å². The van der Waals surface area contributed by atoms with Gasteiger partial charge in [0, 0.05) is 12.1 Å². The van der Waals surface area contributed by atoms with Gasteiger partial charge in [0.25, 0.3) is 0 Å². The van der Waals surface area contributed by atoms with Crippen LogP contribution in [0.3, 0.4) is 0 Å². The lowest BCUT2D eigenvalue weighted by Gasteiger charge is -2.35. The van der Waals surface area contributed by atoms with E-state index >= 15 is 0 Å². The van der Waals surface area contributed by atoms with Gasteiger partial charge in [-0.3, -0.25) is 0 Å². The quantitative estimate of drug-likeness (QED) is 0.662. The summed E-state index contributed by atoms with van der Waals surface area (Å²) >= 11 is 0. The minimum absolute atomic E-state index is 0.715. The molecule has 1 fully saturated rings. The predicted molar refractivity (Wildman–Crippen MR) is 72.7 cm³/mol. The van der Waals surface area contributed by atoms with Crippen molar-refractivity contribution >= 4 is 0 Å². The van der Waals surface area contributed by atoms with Crippen molar-refractivity contribution in [2.75, 3.05) is 0 Å². The second-order valence-electron chi connectivity index (χ2n) is 6.07. The van der Waals surface area contributed by atoms with Crippen LogP contribution in [0.1, 0.15) is 72.6 Å². The molecule has 0 aromatic carbocycles. The molecule has 0 aromatic rings. The zero-order valence-corrected chi connectivity index (χ0v) is 11.8. The minimum atomic E-state index is 0.715. The third-order valence-electron chi connectivity index (χ3n) is 4.17. The van der Waals surface area contributed by atoms with Crippen LogP contribution in [0, 0.1) is 11.8 Å². The van der Waals surface area contributed by atoms with Gasteiger partial charge in [-0.2, -0.15) is 0 Å². The fourth-order valence-electron chi connectivity index (χ4n) is 3.06. The monoisotopic (exact) mass is 225 g/mol. The third kappa shape index (κ3) is 4.86. The summed E-state index contributed by atoms with van der Waals surface area (Å²) in [4.78, 5) is 0. The molecule has 1 rings (SSSR count). The van der Waals surface area contributed by atoms with Crippen LogP contribution in [0.25, 0.3) is 0 Å². The molecule has 1 aliphatic rings. The Morgan fingerprint density at radius 1 is 1.19 bits per heavy atom. The van der Waals surface area contributed by atoms with E-state index in [2.05, 4.69) is 33.0 Å². The molecule has 0 radical (unpaired) electrons. The van der Waals surface area contributed by atoms with Gasteiger partial charge in [-0.1, -0.05) is 40.0 Å². The molecule has 96 valence electrons. The molecular formula is C15H31N. The Morgan fingerprint density at radius 2 is 1.94 bits per heavy atom. The first-order valence-electron chi connectivity index (χ1n) is 7.39. The molecule has 0 aromatic heterocycles. The molecule has 0 heterocycles. The average Bonchev–Trinajstić information content (AvgIpc) is 2.23.